The van der Waals surface area contributed by atoms with E-state index in [9.17, 15) is 0 Å². The first kappa shape index (κ1) is 16.0. The molecular formula is C16H26N2S. The summed E-state index contributed by atoms with van der Waals surface area (Å²) in [5.74, 6) is 1.11. The molecule has 0 unspecified atom stereocenters. The second-order valence-corrected chi connectivity index (χ2v) is 5.83. The molecule has 0 bridgehead atoms. The van der Waals surface area contributed by atoms with Crippen molar-refractivity contribution in [2.24, 2.45) is 5.92 Å². The molecule has 0 aliphatic carbocycles. The fraction of sp³-hybridized carbons (Fsp3) is 0.562. The predicted octanol–water partition coefficient (Wildman–Crippen LogP) is 3.99. The zero-order valence-corrected chi connectivity index (χ0v) is 13.5. The summed E-state index contributed by atoms with van der Waals surface area (Å²) in [5, 5.41) is 7.04. The minimum Gasteiger partial charge on any atom is -0.366 e. The first-order chi connectivity index (χ1) is 8.99. The Labute approximate surface area is 123 Å². The highest BCUT2D eigenvalue weighted by Gasteiger charge is 2.16. The molecule has 0 heterocycles. The van der Waals surface area contributed by atoms with Crippen LogP contribution in [0.3, 0.4) is 0 Å². The first-order valence-electron chi connectivity index (χ1n) is 7.07. The molecule has 3 heteroatoms. The van der Waals surface area contributed by atoms with Gasteiger partial charge >= 0.3 is 0 Å². The zero-order valence-electron chi connectivity index (χ0n) is 12.7. The highest BCUT2D eigenvalue weighted by molar-refractivity contribution is 7.80. The van der Waals surface area contributed by atoms with Crippen LogP contribution < -0.4 is 10.6 Å². The number of benzene rings is 1. The van der Waals surface area contributed by atoms with Gasteiger partial charge in [0.2, 0.25) is 0 Å². The van der Waals surface area contributed by atoms with E-state index in [4.69, 9.17) is 12.2 Å². The number of thiocarbonyl (C=S) groups is 1. The van der Waals surface area contributed by atoms with E-state index in [-0.39, 0.29) is 6.04 Å². The minimum atomic E-state index is 0.255. The van der Waals surface area contributed by atoms with E-state index in [0.717, 1.165) is 0 Å². The molecule has 2 nitrogen and oxygen atoms in total. The van der Waals surface area contributed by atoms with Gasteiger partial charge in [0.05, 0.1) is 6.04 Å². The lowest BCUT2D eigenvalue weighted by atomic mass is 9.92. The van der Waals surface area contributed by atoms with Crippen LogP contribution in [-0.2, 0) is 0 Å². The van der Waals surface area contributed by atoms with Crippen LogP contribution in [0.2, 0.25) is 0 Å². The second kappa shape index (κ2) is 7.49. The topological polar surface area (TPSA) is 24.1 Å². The second-order valence-electron chi connectivity index (χ2n) is 5.42. The van der Waals surface area contributed by atoms with Gasteiger partial charge in [-0.05, 0) is 41.6 Å². The third-order valence-corrected chi connectivity index (χ3v) is 3.98. The molecule has 1 aromatic rings. The Balaban J connectivity index is 2.88. The number of rotatable bonds is 5. The standard InChI is InChI=1S/C16H26N2S/c1-6-12(4)13-7-9-14(10-8-13)15(11(2)3)18-16(19)17-5/h7-12,15H,6H2,1-5H3,(H2,17,18,19)/t12-,15-/m1/s1. The smallest absolute Gasteiger partial charge is 0.166 e. The highest BCUT2D eigenvalue weighted by atomic mass is 32.1. The Bertz CT molecular complexity index is 398. The monoisotopic (exact) mass is 278 g/mol. The lowest BCUT2D eigenvalue weighted by Gasteiger charge is -2.24. The maximum atomic E-state index is 5.21. The molecule has 0 amide bonds. The summed E-state index contributed by atoms with van der Waals surface area (Å²) in [6, 6.07) is 9.17. The summed E-state index contributed by atoms with van der Waals surface area (Å²) in [5.41, 5.74) is 2.70. The molecule has 1 aromatic carbocycles. The van der Waals surface area contributed by atoms with Gasteiger partial charge in [0.25, 0.3) is 0 Å². The first-order valence-corrected chi connectivity index (χ1v) is 7.48. The fourth-order valence-corrected chi connectivity index (χ4v) is 2.24. The van der Waals surface area contributed by atoms with Crippen molar-refractivity contribution in [3.63, 3.8) is 0 Å². The molecular weight excluding hydrogens is 252 g/mol. The summed E-state index contributed by atoms with van der Waals surface area (Å²) in [6.07, 6.45) is 1.18. The van der Waals surface area contributed by atoms with Gasteiger partial charge in [-0.2, -0.15) is 0 Å². The quantitative estimate of drug-likeness (QED) is 0.796. The van der Waals surface area contributed by atoms with Gasteiger partial charge in [0.1, 0.15) is 0 Å². The van der Waals surface area contributed by atoms with Gasteiger partial charge in [0, 0.05) is 7.05 Å². The van der Waals surface area contributed by atoms with Crippen molar-refractivity contribution >= 4 is 17.3 Å². The molecule has 0 spiro atoms. The van der Waals surface area contributed by atoms with Crippen LogP contribution >= 0.6 is 12.2 Å². The predicted molar refractivity (Wildman–Crippen MR) is 87.5 cm³/mol. The van der Waals surface area contributed by atoms with E-state index >= 15 is 0 Å². The molecule has 106 valence electrons. The van der Waals surface area contributed by atoms with Gasteiger partial charge < -0.3 is 10.6 Å². The largest absolute Gasteiger partial charge is 0.366 e. The summed E-state index contributed by atoms with van der Waals surface area (Å²) in [6.45, 7) is 8.91. The zero-order chi connectivity index (χ0) is 14.4. The lowest BCUT2D eigenvalue weighted by molar-refractivity contribution is 0.470. The van der Waals surface area contributed by atoms with Gasteiger partial charge in [-0.3, -0.25) is 0 Å². The van der Waals surface area contributed by atoms with E-state index in [0.29, 0.717) is 16.9 Å². The van der Waals surface area contributed by atoms with Crippen molar-refractivity contribution in [2.45, 2.75) is 46.1 Å². The molecule has 19 heavy (non-hydrogen) atoms. The van der Waals surface area contributed by atoms with Crippen molar-refractivity contribution in [3.8, 4) is 0 Å². The molecule has 0 radical (unpaired) electrons. The van der Waals surface area contributed by atoms with Gasteiger partial charge in [-0.15, -0.1) is 0 Å². The molecule has 0 saturated carbocycles. The van der Waals surface area contributed by atoms with Crippen LogP contribution in [0.5, 0.6) is 0 Å². The normalized spacial score (nSPS) is 14.0. The van der Waals surface area contributed by atoms with Gasteiger partial charge in [-0.1, -0.05) is 52.0 Å². The summed E-state index contributed by atoms with van der Waals surface area (Å²) in [4.78, 5) is 0. The molecule has 0 fully saturated rings. The Hall–Kier alpha value is -1.09. The summed E-state index contributed by atoms with van der Waals surface area (Å²) in [7, 11) is 1.85. The van der Waals surface area contributed by atoms with Crippen LogP contribution in [0, 0.1) is 5.92 Å². The number of nitrogens with one attached hydrogen (secondary N) is 2. The Morgan fingerprint density at radius 1 is 1.11 bits per heavy atom. The van der Waals surface area contributed by atoms with E-state index in [1.807, 2.05) is 7.05 Å². The van der Waals surface area contributed by atoms with Crippen molar-refractivity contribution in [1.82, 2.24) is 10.6 Å². The van der Waals surface area contributed by atoms with Crippen LogP contribution in [0.1, 0.15) is 57.2 Å². The third-order valence-electron chi connectivity index (χ3n) is 3.66. The molecule has 2 atom stereocenters. The van der Waals surface area contributed by atoms with Crippen molar-refractivity contribution in [3.05, 3.63) is 35.4 Å². The number of hydrogen-bond acceptors (Lipinski definition) is 1. The van der Waals surface area contributed by atoms with Crippen LogP contribution in [0.25, 0.3) is 0 Å². The molecule has 2 N–H and O–H groups in total. The minimum absolute atomic E-state index is 0.255. The van der Waals surface area contributed by atoms with Crippen LogP contribution in [0.15, 0.2) is 24.3 Å². The SMILES string of the molecule is CC[C@@H](C)c1ccc([C@H](NC(=S)NC)C(C)C)cc1. The van der Waals surface area contributed by atoms with E-state index in [1.54, 1.807) is 0 Å². The van der Waals surface area contributed by atoms with Crippen LogP contribution in [-0.4, -0.2) is 12.2 Å². The Morgan fingerprint density at radius 3 is 2.05 bits per heavy atom. The molecule has 0 aliphatic rings. The van der Waals surface area contributed by atoms with E-state index < -0.39 is 0 Å². The fourth-order valence-electron chi connectivity index (χ4n) is 2.12. The van der Waals surface area contributed by atoms with Crippen molar-refractivity contribution < 1.29 is 0 Å². The summed E-state index contributed by atoms with van der Waals surface area (Å²) < 4.78 is 0. The Morgan fingerprint density at radius 2 is 1.63 bits per heavy atom. The maximum absolute atomic E-state index is 5.21. The molecule has 0 aromatic heterocycles. The average Bonchev–Trinajstić information content (AvgIpc) is 2.43. The van der Waals surface area contributed by atoms with E-state index in [1.165, 1.54) is 17.5 Å². The van der Waals surface area contributed by atoms with Crippen LogP contribution in [0.4, 0.5) is 0 Å². The lowest BCUT2D eigenvalue weighted by Crippen LogP contribution is -2.37. The average molecular weight is 278 g/mol. The van der Waals surface area contributed by atoms with Gasteiger partial charge in [-0.25, -0.2) is 0 Å². The summed E-state index contributed by atoms with van der Waals surface area (Å²) >= 11 is 5.21. The molecule has 0 saturated heterocycles. The molecule has 1 rings (SSSR count). The highest BCUT2D eigenvalue weighted by Crippen LogP contribution is 2.25. The number of hydrogen-bond donors (Lipinski definition) is 2. The van der Waals surface area contributed by atoms with Gasteiger partial charge in [0.15, 0.2) is 5.11 Å². The third kappa shape index (κ3) is 4.50. The Kier molecular flexibility index (Phi) is 6.29. The van der Waals surface area contributed by atoms with Crippen molar-refractivity contribution in [1.29, 1.82) is 0 Å². The maximum Gasteiger partial charge on any atom is 0.166 e. The van der Waals surface area contributed by atoms with E-state index in [2.05, 4.69) is 62.6 Å². The van der Waals surface area contributed by atoms with Crippen molar-refractivity contribution in [2.75, 3.05) is 7.05 Å². The molecule has 0 aliphatic heterocycles.